The van der Waals surface area contributed by atoms with Crippen molar-refractivity contribution < 1.29 is 4.79 Å². The van der Waals surface area contributed by atoms with E-state index in [1.54, 1.807) is 16.2 Å². The molecule has 4 heteroatoms. The Morgan fingerprint density at radius 1 is 1.56 bits per heavy atom. The SMILES string of the molecule is CNC(C)(C)C(=O)N(C)CCc1cccs1. The lowest BCUT2D eigenvalue weighted by atomic mass is 10.0. The third kappa shape index (κ3) is 3.32. The number of nitrogens with one attached hydrogen (secondary N) is 1. The number of hydrogen-bond donors (Lipinski definition) is 1. The van der Waals surface area contributed by atoms with Crippen LogP contribution in [0.15, 0.2) is 17.5 Å². The fourth-order valence-electron chi connectivity index (χ4n) is 1.42. The summed E-state index contributed by atoms with van der Waals surface area (Å²) in [6.07, 6.45) is 0.930. The average Bonchev–Trinajstić information content (AvgIpc) is 2.77. The van der Waals surface area contributed by atoms with Gasteiger partial charge in [-0.1, -0.05) is 6.07 Å². The topological polar surface area (TPSA) is 32.3 Å². The Kier molecular flexibility index (Phi) is 4.50. The molecule has 0 aliphatic rings. The van der Waals surface area contributed by atoms with Crippen LogP contribution in [0.5, 0.6) is 0 Å². The number of rotatable bonds is 5. The Morgan fingerprint density at radius 2 is 2.25 bits per heavy atom. The molecule has 1 amide bonds. The molecule has 1 aromatic rings. The average molecular weight is 240 g/mol. The number of nitrogens with zero attached hydrogens (tertiary/aromatic N) is 1. The van der Waals surface area contributed by atoms with E-state index in [1.165, 1.54) is 4.88 Å². The van der Waals surface area contributed by atoms with E-state index in [4.69, 9.17) is 0 Å². The maximum atomic E-state index is 12.0. The summed E-state index contributed by atoms with van der Waals surface area (Å²) in [7, 11) is 3.67. The van der Waals surface area contributed by atoms with E-state index < -0.39 is 5.54 Å². The second kappa shape index (κ2) is 5.46. The fourth-order valence-corrected chi connectivity index (χ4v) is 2.12. The van der Waals surface area contributed by atoms with Gasteiger partial charge in [0.25, 0.3) is 0 Å². The minimum Gasteiger partial charge on any atom is -0.344 e. The van der Waals surface area contributed by atoms with Crippen molar-refractivity contribution in [2.24, 2.45) is 0 Å². The van der Waals surface area contributed by atoms with Crippen molar-refractivity contribution in [2.75, 3.05) is 20.6 Å². The fraction of sp³-hybridized carbons (Fsp3) is 0.583. The summed E-state index contributed by atoms with van der Waals surface area (Å²) in [6.45, 7) is 4.57. The first-order valence-electron chi connectivity index (χ1n) is 5.44. The molecule has 0 unspecified atom stereocenters. The molecule has 16 heavy (non-hydrogen) atoms. The van der Waals surface area contributed by atoms with Gasteiger partial charge in [0, 0.05) is 18.5 Å². The molecular formula is C12H20N2OS. The van der Waals surface area contributed by atoms with Crippen molar-refractivity contribution in [3.63, 3.8) is 0 Å². The molecular weight excluding hydrogens is 220 g/mol. The normalized spacial score (nSPS) is 11.5. The quantitative estimate of drug-likeness (QED) is 0.850. The van der Waals surface area contributed by atoms with Gasteiger partial charge in [-0.05, 0) is 38.8 Å². The van der Waals surface area contributed by atoms with Crippen LogP contribution in [0.4, 0.5) is 0 Å². The summed E-state index contributed by atoms with van der Waals surface area (Å²) >= 11 is 1.74. The maximum Gasteiger partial charge on any atom is 0.242 e. The van der Waals surface area contributed by atoms with E-state index in [0.29, 0.717) is 0 Å². The molecule has 1 N–H and O–H groups in total. The zero-order chi connectivity index (χ0) is 12.2. The van der Waals surface area contributed by atoms with Gasteiger partial charge in [0.2, 0.25) is 5.91 Å². The van der Waals surface area contributed by atoms with Crippen LogP contribution in [0.1, 0.15) is 18.7 Å². The Labute approximate surface area is 101 Å². The van der Waals surface area contributed by atoms with Crippen LogP contribution in [0.25, 0.3) is 0 Å². The van der Waals surface area contributed by atoms with Gasteiger partial charge in [-0.25, -0.2) is 0 Å². The van der Waals surface area contributed by atoms with E-state index in [0.717, 1.165) is 13.0 Å². The maximum absolute atomic E-state index is 12.0. The van der Waals surface area contributed by atoms with Crippen LogP contribution in [0.3, 0.4) is 0 Å². The van der Waals surface area contributed by atoms with Gasteiger partial charge in [0.05, 0.1) is 5.54 Å². The van der Waals surface area contributed by atoms with Crippen LogP contribution in [0.2, 0.25) is 0 Å². The van der Waals surface area contributed by atoms with Gasteiger partial charge in [0.15, 0.2) is 0 Å². The third-order valence-electron chi connectivity index (χ3n) is 2.78. The van der Waals surface area contributed by atoms with E-state index in [2.05, 4.69) is 16.8 Å². The molecule has 0 fully saturated rings. The predicted molar refractivity (Wildman–Crippen MR) is 68.8 cm³/mol. The molecule has 0 radical (unpaired) electrons. The Morgan fingerprint density at radius 3 is 2.75 bits per heavy atom. The summed E-state index contributed by atoms with van der Waals surface area (Å²) in [5.41, 5.74) is -0.482. The summed E-state index contributed by atoms with van der Waals surface area (Å²) in [6, 6.07) is 4.14. The molecule has 1 rings (SSSR count). The van der Waals surface area contributed by atoms with Crippen LogP contribution >= 0.6 is 11.3 Å². The van der Waals surface area contributed by atoms with Crippen molar-refractivity contribution in [1.82, 2.24) is 10.2 Å². The largest absolute Gasteiger partial charge is 0.344 e. The number of likely N-dealkylation sites (N-methyl/N-ethyl adjacent to an activating group) is 2. The van der Waals surface area contributed by atoms with Crippen LogP contribution in [-0.4, -0.2) is 37.0 Å². The van der Waals surface area contributed by atoms with Gasteiger partial charge in [-0.3, -0.25) is 4.79 Å². The molecule has 1 aromatic heterocycles. The molecule has 0 saturated carbocycles. The van der Waals surface area contributed by atoms with Crippen LogP contribution < -0.4 is 5.32 Å². The molecule has 0 spiro atoms. The lowest BCUT2D eigenvalue weighted by Crippen LogP contribution is -2.51. The van der Waals surface area contributed by atoms with Crippen molar-refractivity contribution in [1.29, 1.82) is 0 Å². The minimum atomic E-state index is -0.482. The van der Waals surface area contributed by atoms with Crippen LogP contribution in [0, 0.1) is 0 Å². The molecule has 0 bridgehead atoms. The second-order valence-electron chi connectivity index (χ2n) is 4.43. The second-order valence-corrected chi connectivity index (χ2v) is 5.46. The lowest BCUT2D eigenvalue weighted by molar-refractivity contribution is -0.135. The first-order valence-corrected chi connectivity index (χ1v) is 6.32. The van der Waals surface area contributed by atoms with Gasteiger partial charge in [-0.15, -0.1) is 11.3 Å². The molecule has 90 valence electrons. The monoisotopic (exact) mass is 240 g/mol. The van der Waals surface area contributed by atoms with E-state index in [-0.39, 0.29) is 5.91 Å². The van der Waals surface area contributed by atoms with Crippen molar-refractivity contribution in [2.45, 2.75) is 25.8 Å². The number of thiophene rings is 1. The highest BCUT2D eigenvalue weighted by molar-refractivity contribution is 7.09. The van der Waals surface area contributed by atoms with Crippen LogP contribution in [-0.2, 0) is 11.2 Å². The van der Waals surface area contributed by atoms with E-state index in [1.807, 2.05) is 34.0 Å². The summed E-state index contributed by atoms with van der Waals surface area (Å²) in [5, 5.41) is 5.09. The first-order chi connectivity index (χ1) is 7.47. The predicted octanol–water partition coefficient (Wildman–Crippen LogP) is 1.75. The number of hydrogen-bond acceptors (Lipinski definition) is 3. The van der Waals surface area contributed by atoms with Crippen molar-refractivity contribution in [3.8, 4) is 0 Å². The highest BCUT2D eigenvalue weighted by Gasteiger charge is 2.27. The molecule has 1 heterocycles. The van der Waals surface area contributed by atoms with Gasteiger partial charge < -0.3 is 10.2 Å². The van der Waals surface area contributed by atoms with Gasteiger partial charge in [0.1, 0.15) is 0 Å². The van der Waals surface area contributed by atoms with Gasteiger partial charge in [-0.2, -0.15) is 0 Å². The molecule has 0 atom stereocenters. The smallest absolute Gasteiger partial charge is 0.242 e. The number of carbonyl (C=O) groups excluding carboxylic acids is 1. The molecule has 0 saturated heterocycles. The minimum absolute atomic E-state index is 0.131. The van der Waals surface area contributed by atoms with E-state index in [9.17, 15) is 4.79 Å². The summed E-state index contributed by atoms with van der Waals surface area (Å²) in [4.78, 5) is 15.1. The highest BCUT2D eigenvalue weighted by atomic mass is 32.1. The Bertz CT molecular complexity index is 333. The zero-order valence-electron chi connectivity index (χ0n) is 10.4. The lowest BCUT2D eigenvalue weighted by Gasteiger charge is -2.28. The molecule has 0 aliphatic carbocycles. The standard InChI is InChI=1S/C12H20N2OS/c1-12(2,13-3)11(15)14(4)8-7-10-6-5-9-16-10/h5-6,9,13H,7-8H2,1-4H3. The molecule has 0 aliphatic heterocycles. The van der Waals surface area contributed by atoms with Crippen molar-refractivity contribution in [3.05, 3.63) is 22.4 Å². The number of amides is 1. The third-order valence-corrected chi connectivity index (χ3v) is 3.72. The molecule has 0 aromatic carbocycles. The summed E-state index contributed by atoms with van der Waals surface area (Å²) in [5.74, 6) is 0.131. The first kappa shape index (κ1) is 13.2. The Balaban J connectivity index is 2.46. The van der Waals surface area contributed by atoms with Crippen molar-refractivity contribution >= 4 is 17.2 Å². The molecule has 3 nitrogen and oxygen atoms in total. The van der Waals surface area contributed by atoms with Gasteiger partial charge >= 0.3 is 0 Å². The number of carbonyl (C=O) groups is 1. The summed E-state index contributed by atoms with van der Waals surface area (Å²) < 4.78 is 0. The Hall–Kier alpha value is -0.870. The van der Waals surface area contributed by atoms with E-state index >= 15 is 0 Å². The zero-order valence-corrected chi connectivity index (χ0v) is 11.2. The highest BCUT2D eigenvalue weighted by Crippen LogP contribution is 2.11.